The number of ether oxygens (including phenoxy) is 1. The van der Waals surface area contributed by atoms with Gasteiger partial charge in [-0.1, -0.05) is 35.6 Å². The number of hydrogen-bond acceptors (Lipinski definition) is 6. The summed E-state index contributed by atoms with van der Waals surface area (Å²) < 4.78 is 6.08. The molecule has 1 aromatic heterocycles. The number of rotatable bonds is 7. The first-order chi connectivity index (χ1) is 14.5. The van der Waals surface area contributed by atoms with Gasteiger partial charge in [-0.05, 0) is 36.2 Å². The van der Waals surface area contributed by atoms with Gasteiger partial charge >= 0.3 is 6.03 Å². The van der Waals surface area contributed by atoms with Crippen molar-refractivity contribution < 1.29 is 19.1 Å². The van der Waals surface area contributed by atoms with E-state index in [0.717, 1.165) is 26.4 Å². The molecule has 2 aromatic carbocycles. The third-order valence-corrected chi connectivity index (χ3v) is 5.77. The largest absolute Gasteiger partial charge is 0.497 e. The highest BCUT2D eigenvalue weighted by Crippen LogP contribution is 2.25. The molecule has 4 rings (SSSR count). The number of anilines is 1. The van der Waals surface area contributed by atoms with Crippen LogP contribution >= 0.6 is 11.3 Å². The molecule has 0 radical (unpaired) electrons. The summed E-state index contributed by atoms with van der Waals surface area (Å²) >= 11 is 1.36. The summed E-state index contributed by atoms with van der Waals surface area (Å²) in [7, 11) is 1.59. The van der Waals surface area contributed by atoms with E-state index in [1.807, 2.05) is 48.5 Å². The molecule has 1 aliphatic heterocycles. The normalized spacial score (nSPS) is 16.0. The lowest BCUT2D eigenvalue weighted by molar-refractivity contribution is -0.129. The molecule has 1 atom stereocenters. The van der Waals surface area contributed by atoms with Gasteiger partial charge < -0.3 is 15.4 Å². The van der Waals surface area contributed by atoms with Crippen molar-refractivity contribution in [1.82, 2.24) is 15.2 Å². The summed E-state index contributed by atoms with van der Waals surface area (Å²) in [4.78, 5) is 42.7. The molecule has 0 spiro atoms. The van der Waals surface area contributed by atoms with Crippen LogP contribution in [0.2, 0.25) is 0 Å². The lowest BCUT2D eigenvalue weighted by Crippen LogP contribution is -2.34. The SMILES string of the molecule is COc1ccc(CCN2C(=O)N[C@@H](CC(=O)Nc3nc4ccccc4s3)C2=O)cc1. The topological polar surface area (TPSA) is 101 Å². The highest BCUT2D eigenvalue weighted by atomic mass is 32.1. The van der Waals surface area contributed by atoms with Crippen molar-refractivity contribution in [3.05, 3.63) is 54.1 Å². The minimum Gasteiger partial charge on any atom is -0.497 e. The number of methoxy groups -OCH3 is 1. The Morgan fingerprint density at radius 1 is 1.20 bits per heavy atom. The molecule has 9 heteroatoms. The fraction of sp³-hybridized carbons (Fsp3) is 0.238. The number of imide groups is 1. The number of amides is 4. The third kappa shape index (κ3) is 4.25. The molecular formula is C21H20N4O4S. The van der Waals surface area contributed by atoms with E-state index in [0.29, 0.717) is 11.6 Å². The van der Waals surface area contributed by atoms with Crippen LogP contribution in [0.5, 0.6) is 5.75 Å². The molecule has 1 saturated heterocycles. The van der Waals surface area contributed by atoms with Gasteiger partial charge in [-0.25, -0.2) is 9.78 Å². The van der Waals surface area contributed by atoms with Crippen LogP contribution < -0.4 is 15.4 Å². The molecule has 0 saturated carbocycles. The molecule has 8 nitrogen and oxygen atoms in total. The quantitative estimate of drug-likeness (QED) is 0.568. The minimum absolute atomic E-state index is 0.139. The van der Waals surface area contributed by atoms with Crippen LogP contribution in [0.4, 0.5) is 9.93 Å². The Balaban J connectivity index is 1.32. The number of hydrogen-bond donors (Lipinski definition) is 2. The maximum Gasteiger partial charge on any atom is 0.324 e. The number of carbonyl (C=O) groups excluding carboxylic acids is 3. The number of nitrogens with one attached hydrogen (secondary N) is 2. The zero-order chi connectivity index (χ0) is 21.1. The van der Waals surface area contributed by atoms with E-state index in [2.05, 4.69) is 15.6 Å². The molecule has 0 aliphatic carbocycles. The number of fused-ring (bicyclic) bond motifs is 1. The van der Waals surface area contributed by atoms with Crippen molar-refractivity contribution in [2.75, 3.05) is 19.0 Å². The average molecular weight is 424 g/mol. The Kier molecular flexibility index (Phi) is 5.62. The number of nitrogens with zero attached hydrogens (tertiary/aromatic N) is 2. The van der Waals surface area contributed by atoms with Gasteiger partial charge in [-0.3, -0.25) is 14.5 Å². The van der Waals surface area contributed by atoms with E-state index < -0.39 is 18.0 Å². The second-order valence-corrected chi connectivity index (χ2v) is 7.86. The van der Waals surface area contributed by atoms with E-state index in [9.17, 15) is 14.4 Å². The van der Waals surface area contributed by atoms with Gasteiger partial charge in [-0.15, -0.1) is 0 Å². The summed E-state index contributed by atoms with van der Waals surface area (Å²) in [6, 6.07) is 13.6. The zero-order valence-electron chi connectivity index (χ0n) is 16.3. The van der Waals surface area contributed by atoms with Gasteiger partial charge in [0.15, 0.2) is 5.13 Å². The summed E-state index contributed by atoms with van der Waals surface area (Å²) in [6.45, 7) is 0.243. The van der Waals surface area contributed by atoms with Gasteiger partial charge in [0.25, 0.3) is 5.91 Å². The fourth-order valence-corrected chi connectivity index (χ4v) is 4.12. The van der Waals surface area contributed by atoms with E-state index in [4.69, 9.17) is 4.74 Å². The number of carbonyl (C=O) groups is 3. The molecule has 30 heavy (non-hydrogen) atoms. The number of urea groups is 1. The highest BCUT2D eigenvalue weighted by Gasteiger charge is 2.38. The van der Waals surface area contributed by atoms with Gasteiger partial charge in [0, 0.05) is 6.54 Å². The van der Waals surface area contributed by atoms with E-state index in [-0.39, 0.29) is 18.9 Å². The molecule has 3 aromatic rings. The maximum absolute atomic E-state index is 12.6. The van der Waals surface area contributed by atoms with Crippen molar-refractivity contribution in [2.24, 2.45) is 0 Å². The molecule has 0 unspecified atom stereocenters. The Morgan fingerprint density at radius 2 is 1.97 bits per heavy atom. The molecule has 2 N–H and O–H groups in total. The molecule has 2 heterocycles. The Bertz CT molecular complexity index is 1060. The molecule has 4 amide bonds. The molecule has 154 valence electrons. The van der Waals surface area contributed by atoms with Gasteiger partial charge in [-0.2, -0.15) is 0 Å². The summed E-state index contributed by atoms with van der Waals surface area (Å²) in [6.07, 6.45) is 0.382. The van der Waals surface area contributed by atoms with Crippen molar-refractivity contribution in [1.29, 1.82) is 0 Å². The van der Waals surface area contributed by atoms with Crippen LogP contribution in [0.1, 0.15) is 12.0 Å². The lowest BCUT2D eigenvalue weighted by atomic mass is 10.1. The predicted molar refractivity (Wildman–Crippen MR) is 114 cm³/mol. The monoisotopic (exact) mass is 424 g/mol. The molecule has 1 fully saturated rings. The van der Waals surface area contributed by atoms with Crippen LogP contribution in [0.3, 0.4) is 0 Å². The van der Waals surface area contributed by atoms with Gasteiger partial charge in [0.2, 0.25) is 5.91 Å². The maximum atomic E-state index is 12.6. The second-order valence-electron chi connectivity index (χ2n) is 6.83. The van der Waals surface area contributed by atoms with E-state index >= 15 is 0 Å². The average Bonchev–Trinajstić information content (AvgIpc) is 3.26. The first-order valence-corrected chi connectivity index (χ1v) is 10.3. The summed E-state index contributed by atoms with van der Waals surface area (Å²) in [5, 5.41) is 5.77. The van der Waals surface area contributed by atoms with E-state index in [1.54, 1.807) is 7.11 Å². The summed E-state index contributed by atoms with van der Waals surface area (Å²) in [5.74, 6) is -0.0226. The number of para-hydroxylation sites is 1. The van der Waals surface area contributed by atoms with Crippen molar-refractivity contribution in [3.63, 3.8) is 0 Å². The van der Waals surface area contributed by atoms with Crippen molar-refractivity contribution >= 4 is 44.5 Å². The van der Waals surface area contributed by atoms with Gasteiger partial charge in [0.1, 0.15) is 11.8 Å². The first kappa shape index (κ1) is 19.8. The van der Waals surface area contributed by atoms with Crippen LogP contribution in [-0.4, -0.2) is 47.4 Å². The number of thiazole rings is 1. The summed E-state index contributed by atoms with van der Waals surface area (Å²) in [5.41, 5.74) is 1.78. The highest BCUT2D eigenvalue weighted by molar-refractivity contribution is 7.22. The number of benzene rings is 2. The predicted octanol–water partition coefficient (Wildman–Crippen LogP) is 2.80. The minimum atomic E-state index is -0.872. The second kappa shape index (κ2) is 8.50. The van der Waals surface area contributed by atoms with Crippen molar-refractivity contribution in [3.8, 4) is 5.75 Å². The zero-order valence-corrected chi connectivity index (χ0v) is 17.1. The van der Waals surface area contributed by atoms with Crippen LogP contribution in [-0.2, 0) is 16.0 Å². The van der Waals surface area contributed by atoms with Crippen LogP contribution in [0, 0.1) is 0 Å². The van der Waals surface area contributed by atoms with E-state index in [1.165, 1.54) is 11.3 Å². The molecule has 0 bridgehead atoms. The fourth-order valence-electron chi connectivity index (χ4n) is 3.24. The van der Waals surface area contributed by atoms with Crippen LogP contribution in [0.15, 0.2) is 48.5 Å². The molecular weight excluding hydrogens is 404 g/mol. The Hall–Kier alpha value is -3.46. The third-order valence-electron chi connectivity index (χ3n) is 4.82. The lowest BCUT2D eigenvalue weighted by Gasteiger charge is -2.13. The standard InChI is InChI=1S/C21H20N4O4S/c1-29-14-8-6-13(7-9-14)10-11-25-19(27)16(23-21(25)28)12-18(26)24-20-22-15-4-2-3-5-17(15)30-20/h2-9,16H,10-12H2,1H3,(H,23,28)(H,22,24,26)/t16-/m0/s1. The first-order valence-electron chi connectivity index (χ1n) is 9.44. The Labute approximate surface area is 176 Å². The number of aromatic nitrogens is 1. The van der Waals surface area contributed by atoms with Crippen LogP contribution in [0.25, 0.3) is 10.2 Å². The Morgan fingerprint density at radius 3 is 2.70 bits per heavy atom. The smallest absolute Gasteiger partial charge is 0.324 e. The molecule has 1 aliphatic rings. The van der Waals surface area contributed by atoms with Gasteiger partial charge in [0.05, 0.1) is 23.7 Å². The van der Waals surface area contributed by atoms with Crippen molar-refractivity contribution in [2.45, 2.75) is 18.9 Å².